The van der Waals surface area contributed by atoms with Crippen LogP contribution in [0.3, 0.4) is 0 Å². The molecule has 1 aromatic carbocycles. The number of carbonyl (C=O) groups is 3. The van der Waals surface area contributed by atoms with Gasteiger partial charge in [0.15, 0.2) is 0 Å². The minimum atomic E-state index is -0.973. The van der Waals surface area contributed by atoms with Crippen LogP contribution in [0.25, 0.3) is 0 Å². The number of likely N-dealkylation sites (N-methyl/N-ethyl adjacent to an activating group) is 1. The zero-order valence-electron chi connectivity index (χ0n) is 15.6. The zero-order valence-corrected chi connectivity index (χ0v) is 15.6. The molecule has 2 rings (SSSR count). The van der Waals surface area contributed by atoms with E-state index in [1.54, 1.807) is 0 Å². The Morgan fingerprint density at radius 2 is 1.81 bits per heavy atom. The van der Waals surface area contributed by atoms with Gasteiger partial charge in [0, 0.05) is 19.5 Å². The maximum atomic E-state index is 12.5. The summed E-state index contributed by atoms with van der Waals surface area (Å²) >= 11 is 0. The smallest absolute Gasteiger partial charge is 0.303 e. The summed E-state index contributed by atoms with van der Waals surface area (Å²) < 4.78 is 11.0. The van der Waals surface area contributed by atoms with E-state index in [0.717, 1.165) is 11.4 Å². The molecule has 2 amide bonds. The summed E-state index contributed by atoms with van der Waals surface area (Å²) in [5, 5.41) is 8.69. The Hall–Kier alpha value is -2.65. The number of fused-ring (bicyclic) bond motifs is 1. The summed E-state index contributed by atoms with van der Waals surface area (Å²) in [6.07, 6.45) is 0.0850. The molecule has 0 radical (unpaired) electrons. The van der Waals surface area contributed by atoms with E-state index in [9.17, 15) is 14.4 Å². The molecule has 27 heavy (non-hydrogen) atoms. The monoisotopic (exact) mass is 379 g/mol. The topological polar surface area (TPSA) is 122 Å². The average molecular weight is 379 g/mol. The van der Waals surface area contributed by atoms with Crippen LogP contribution in [0.5, 0.6) is 5.75 Å². The second-order valence-corrected chi connectivity index (χ2v) is 6.46. The molecular weight excluding hydrogens is 354 g/mol. The van der Waals surface area contributed by atoms with Gasteiger partial charge in [0.05, 0.1) is 30.0 Å². The molecule has 0 fully saturated rings. The predicted molar refractivity (Wildman–Crippen MR) is 98.0 cm³/mol. The quantitative estimate of drug-likeness (QED) is 0.327. The largest absolute Gasteiger partial charge is 0.489 e. The van der Waals surface area contributed by atoms with Crippen molar-refractivity contribution in [3.05, 3.63) is 23.3 Å². The number of benzene rings is 1. The molecule has 0 bridgehead atoms. The maximum absolute atomic E-state index is 12.5. The first-order chi connectivity index (χ1) is 12.8. The Bertz CT molecular complexity index is 719. The number of hydrogen-bond acceptors (Lipinski definition) is 7. The third-order valence-electron chi connectivity index (χ3n) is 4.04. The predicted octanol–water partition coefficient (Wildman–Crippen LogP) is 0.687. The number of carbonyl (C=O) groups excluding carboxylic acids is 2. The summed E-state index contributed by atoms with van der Waals surface area (Å²) in [6.45, 7) is 2.07. The summed E-state index contributed by atoms with van der Waals surface area (Å²) in [5.41, 5.74) is 6.62. The number of imide groups is 1. The summed E-state index contributed by atoms with van der Waals surface area (Å²) in [5.74, 6) is -1.59. The lowest BCUT2D eigenvalue weighted by molar-refractivity contribution is -0.137. The highest BCUT2D eigenvalue weighted by Gasteiger charge is 2.36. The van der Waals surface area contributed by atoms with Crippen LogP contribution in [0.4, 0.5) is 5.69 Å². The van der Waals surface area contributed by atoms with Gasteiger partial charge in [0.1, 0.15) is 12.4 Å². The molecule has 148 valence electrons. The van der Waals surface area contributed by atoms with E-state index in [1.807, 2.05) is 19.0 Å². The van der Waals surface area contributed by atoms with Gasteiger partial charge < -0.3 is 25.2 Å². The fourth-order valence-electron chi connectivity index (χ4n) is 2.61. The average Bonchev–Trinajstić information content (AvgIpc) is 2.82. The summed E-state index contributed by atoms with van der Waals surface area (Å²) in [4.78, 5) is 38.5. The van der Waals surface area contributed by atoms with E-state index >= 15 is 0 Å². The maximum Gasteiger partial charge on any atom is 0.303 e. The molecule has 9 nitrogen and oxygen atoms in total. The standard InChI is InChI=1S/C18H25N3O6/c1-20(2)6-7-26-8-9-27-15-11-13-12(10-14(15)19)17(24)21(18(13)25)5-3-4-16(22)23/h10-11H,3-9,19H2,1-2H3,(H,22,23). The van der Waals surface area contributed by atoms with Crippen LogP contribution in [0.15, 0.2) is 12.1 Å². The van der Waals surface area contributed by atoms with Gasteiger partial charge in [0.2, 0.25) is 0 Å². The van der Waals surface area contributed by atoms with E-state index in [0.29, 0.717) is 19.0 Å². The van der Waals surface area contributed by atoms with Gasteiger partial charge in [-0.2, -0.15) is 0 Å². The van der Waals surface area contributed by atoms with Gasteiger partial charge >= 0.3 is 5.97 Å². The molecule has 0 saturated heterocycles. The number of amides is 2. The summed E-state index contributed by atoms with van der Waals surface area (Å²) in [7, 11) is 3.91. The van der Waals surface area contributed by atoms with Crippen LogP contribution in [0, 0.1) is 0 Å². The number of rotatable bonds is 11. The molecule has 0 aromatic heterocycles. The van der Waals surface area contributed by atoms with Crippen LogP contribution in [0.1, 0.15) is 33.6 Å². The number of ether oxygens (including phenoxy) is 2. The Morgan fingerprint density at radius 3 is 2.44 bits per heavy atom. The first kappa shape index (κ1) is 20.7. The van der Waals surface area contributed by atoms with Crippen molar-refractivity contribution < 1.29 is 29.0 Å². The number of nitrogen functional groups attached to an aromatic ring is 1. The highest BCUT2D eigenvalue weighted by Crippen LogP contribution is 2.32. The molecule has 9 heteroatoms. The van der Waals surface area contributed by atoms with Crippen LogP contribution in [-0.4, -0.2) is 79.7 Å². The van der Waals surface area contributed by atoms with E-state index in [4.69, 9.17) is 20.3 Å². The SMILES string of the molecule is CN(C)CCOCCOc1cc2c(cc1N)C(=O)N(CCCC(=O)O)C2=O. The fourth-order valence-corrected chi connectivity index (χ4v) is 2.61. The lowest BCUT2D eigenvalue weighted by Gasteiger charge is -2.12. The molecule has 0 aliphatic carbocycles. The third kappa shape index (κ3) is 5.41. The van der Waals surface area contributed by atoms with Gasteiger partial charge in [-0.15, -0.1) is 0 Å². The molecular formula is C18H25N3O6. The summed E-state index contributed by atoms with van der Waals surface area (Å²) in [6, 6.07) is 2.89. The minimum Gasteiger partial charge on any atom is -0.489 e. The lowest BCUT2D eigenvalue weighted by atomic mass is 10.1. The molecule has 1 aliphatic rings. The second-order valence-electron chi connectivity index (χ2n) is 6.46. The highest BCUT2D eigenvalue weighted by atomic mass is 16.5. The van der Waals surface area contributed by atoms with Crippen molar-refractivity contribution in [1.29, 1.82) is 0 Å². The minimum absolute atomic E-state index is 0.0501. The number of carboxylic acid groups (broad SMARTS) is 1. The number of nitrogens with zero attached hydrogens (tertiary/aromatic N) is 2. The molecule has 0 atom stereocenters. The Labute approximate surface area is 157 Å². The van der Waals surface area contributed by atoms with Gasteiger partial charge in [-0.25, -0.2) is 0 Å². The second kappa shape index (κ2) is 9.33. The molecule has 0 unspecified atom stereocenters. The third-order valence-corrected chi connectivity index (χ3v) is 4.04. The molecule has 0 saturated carbocycles. The van der Waals surface area contributed by atoms with Crippen molar-refractivity contribution in [3.63, 3.8) is 0 Å². The molecule has 1 aromatic rings. The first-order valence-electron chi connectivity index (χ1n) is 8.68. The van der Waals surface area contributed by atoms with E-state index < -0.39 is 17.8 Å². The Balaban J connectivity index is 1.95. The first-order valence-corrected chi connectivity index (χ1v) is 8.68. The zero-order chi connectivity index (χ0) is 20.0. The van der Waals surface area contributed by atoms with Crippen molar-refractivity contribution in [1.82, 2.24) is 9.80 Å². The normalized spacial score (nSPS) is 13.4. The number of hydrogen-bond donors (Lipinski definition) is 2. The van der Waals surface area contributed by atoms with Crippen molar-refractivity contribution in [3.8, 4) is 5.75 Å². The Morgan fingerprint density at radius 1 is 1.15 bits per heavy atom. The number of anilines is 1. The van der Waals surface area contributed by atoms with E-state index in [1.165, 1.54) is 12.1 Å². The van der Waals surface area contributed by atoms with Gasteiger partial charge in [0.25, 0.3) is 11.8 Å². The van der Waals surface area contributed by atoms with Crippen LogP contribution >= 0.6 is 0 Å². The Kier molecular flexibility index (Phi) is 7.14. The van der Waals surface area contributed by atoms with Gasteiger partial charge in [-0.05, 0) is 32.6 Å². The molecule has 1 heterocycles. The molecule has 3 N–H and O–H groups in total. The van der Waals surface area contributed by atoms with Crippen molar-refractivity contribution in [2.24, 2.45) is 0 Å². The number of nitrogens with two attached hydrogens (primary N) is 1. The highest BCUT2D eigenvalue weighted by molar-refractivity contribution is 6.22. The van der Waals surface area contributed by atoms with Gasteiger partial charge in [-0.3, -0.25) is 19.3 Å². The van der Waals surface area contributed by atoms with Crippen LogP contribution in [0.2, 0.25) is 0 Å². The van der Waals surface area contributed by atoms with Crippen molar-refractivity contribution in [2.45, 2.75) is 12.8 Å². The van der Waals surface area contributed by atoms with E-state index in [2.05, 4.69) is 0 Å². The molecule has 0 spiro atoms. The number of carboxylic acids is 1. The number of aliphatic carboxylic acids is 1. The molecule has 1 aliphatic heterocycles. The fraction of sp³-hybridized carbons (Fsp3) is 0.500. The lowest BCUT2D eigenvalue weighted by Crippen LogP contribution is -2.31. The van der Waals surface area contributed by atoms with Crippen molar-refractivity contribution in [2.75, 3.05) is 52.7 Å². The van der Waals surface area contributed by atoms with Crippen molar-refractivity contribution >= 4 is 23.5 Å². The van der Waals surface area contributed by atoms with E-state index in [-0.39, 0.29) is 42.8 Å². The van der Waals surface area contributed by atoms with Crippen LogP contribution < -0.4 is 10.5 Å². The van der Waals surface area contributed by atoms with Crippen LogP contribution in [-0.2, 0) is 9.53 Å². The van der Waals surface area contributed by atoms with Gasteiger partial charge in [-0.1, -0.05) is 0 Å².